The number of aliphatic hydroxyl groups excluding tert-OH is 1. The molecule has 0 bridgehead atoms. The number of hydrogen-bond acceptors (Lipinski definition) is 8. The average Bonchev–Trinajstić information content (AvgIpc) is 3.13. The van der Waals surface area contributed by atoms with E-state index in [0.717, 1.165) is 38.3 Å². The lowest BCUT2D eigenvalue weighted by atomic mass is 9.99. The van der Waals surface area contributed by atoms with Crippen LogP contribution in [0.5, 0.6) is 0 Å². The number of ether oxygens (including phenoxy) is 2. The molecule has 3 atom stereocenters. The van der Waals surface area contributed by atoms with Gasteiger partial charge in [0.1, 0.15) is 0 Å². The minimum absolute atomic E-state index is 0.0384. The van der Waals surface area contributed by atoms with Gasteiger partial charge in [-0.2, -0.15) is 0 Å². The fourth-order valence-corrected chi connectivity index (χ4v) is 6.31. The van der Waals surface area contributed by atoms with Gasteiger partial charge in [0.15, 0.2) is 6.29 Å². The third-order valence-corrected chi connectivity index (χ3v) is 9.14. The highest BCUT2D eigenvalue weighted by Gasteiger charge is 2.32. The van der Waals surface area contributed by atoms with Crippen LogP contribution in [0.2, 0.25) is 0 Å². The molecule has 5 N–H and O–H groups in total. The number of thioether (sulfide) groups is 1. The lowest BCUT2D eigenvalue weighted by Gasteiger charge is -2.36. The van der Waals surface area contributed by atoms with Crippen LogP contribution in [0.25, 0.3) is 11.1 Å². The number of carbonyl (C=O) groups is 3. The van der Waals surface area contributed by atoms with Crippen LogP contribution in [0, 0.1) is 0 Å². The first kappa shape index (κ1) is 34.8. The maximum absolute atomic E-state index is 12.2. The van der Waals surface area contributed by atoms with E-state index in [0.29, 0.717) is 25.1 Å². The van der Waals surface area contributed by atoms with Gasteiger partial charge in [0.05, 0.1) is 24.4 Å². The van der Waals surface area contributed by atoms with Crippen LogP contribution in [-0.2, 0) is 32.2 Å². The molecule has 0 unspecified atom stereocenters. The molecule has 4 aromatic carbocycles. The van der Waals surface area contributed by atoms with Crippen molar-refractivity contribution < 1.29 is 39.3 Å². The van der Waals surface area contributed by atoms with Crippen LogP contribution in [0.4, 0.5) is 0 Å². The van der Waals surface area contributed by atoms with Gasteiger partial charge in [0.25, 0.3) is 0 Å². The number of aromatic carboxylic acids is 1. The number of carbonyl (C=O) groups excluding carboxylic acids is 2. The van der Waals surface area contributed by atoms with E-state index in [4.69, 9.17) is 14.7 Å². The first-order valence-electron chi connectivity index (χ1n) is 15.7. The van der Waals surface area contributed by atoms with Crippen molar-refractivity contribution in [3.63, 3.8) is 0 Å². The lowest BCUT2D eigenvalue weighted by Crippen LogP contribution is -2.31. The van der Waals surface area contributed by atoms with E-state index in [1.54, 1.807) is 41.5 Å². The Bertz CT molecular complexity index is 1700. The van der Waals surface area contributed by atoms with Crippen molar-refractivity contribution in [2.24, 2.45) is 0 Å². The van der Waals surface area contributed by atoms with Gasteiger partial charge in [0.2, 0.25) is 11.8 Å². The molecule has 11 heteroatoms. The van der Waals surface area contributed by atoms with E-state index in [2.05, 4.69) is 5.32 Å². The van der Waals surface area contributed by atoms with Crippen molar-refractivity contribution in [2.45, 2.75) is 62.2 Å². The molecule has 4 aromatic rings. The molecule has 0 aliphatic carbocycles. The first-order chi connectivity index (χ1) is 23.3. The molecule has 2 amide bonds. The van der Waals surface area contributed by atoms with Crippen molar-refractivity contribution in [1.82, 2.24) is 10.8 Å². The smallest absolute Gasteiger partial charge is 0.335 e. The molecular formula is C37H38N2O8S. The fourth-order valence-electron chi connectivity index (χ4n) is 5.39. The maximum atomic E-state index is 12.2. The van der Waals surface area contributed by atoms with E-state index in [9.17, 15) is 24.6 Å². The molecule has 5 rings (SSSR count). The van der Waals surface area contributed by atoms with Gasteiger partial charge >= 0.3 is 5.97 Å². The summed E-state index contributed by atoms with van der Waals surface area (Å²) in [6, 6.07) is 30.4. The first-order valence-corrected chi connectivity index (χ1v) is 16.7. The topological polar surface area (TPSA) is 154 Å². The minimum Gasteiger partial charge on any atom is -0.478 e. The van der Waals surface area contributed by atoms with E-state index in [1.165, 1.54) is 0 Å². The Labute approximate surface area is 283 Å². The second kappa shape index (κ2) is 17.0. The third kappa shape index (κ3) is 9.75. The number of hydrogen-bond donors (Lipinski definition) is 5. The Morgan fingerprint density at radius 1 is 0.792 bits per heavy atom. The van der Waals surface area contributed by atoms with Gasteiger partial charge in [-0.3, -0.25) is 14.8 Å². The number of nitrogens with one attached hydrogen (secondary N) is 2. The molecule has 10 nitrogen and oxygen atoms in total. The molecule has 0 radical (unpaired) electrons. The highest BCUT2D eigenvalue weighted by Crippen LogP contribution is 2.40. The lowest BCUT2D eigenvalue weighted by molar-refractivity contribution is -0.245. The van der Waals surface area contributed by atoms with Crippen LogP contribution in [0.1, 0.15) is 70.7 Å². The monoisotopic (exact) mass is 670 g/mol. The van der Waals surface area contributed by atoms with Crippen LogP contribution in [-0.4, -0.2) is 45.1 Å². The molecule has 48 heavy (non-hydrogen) atoms. The predicted molar refractivity (Wildman–Crippen MR) is 180 cm³/mol. The van der Waals surface area contributed by atoms with Crippen LogP contribution < -0.4 is 10.8 Å². The quantitative estimate of drug-likeness (QED) is 0.0602. The van der Waals surface area contributed by atoms with Crippen LogP contribution >= 0.6 is 11.8 Å². The Morgan fingerprint density at radius 2 is 1.50 bits per heavy atom. The van der Waals surface area contributed by atoms with Crippen molar-refractivity contribution in [3.8, 4) is 11.1 Å². The average molecular weight is 671 g/mol. The molecule has 1 aliphatic rings. The maximum Gasteiger partial charge on any atom is 0.335 e. The second-order valence-corrected chi connectivity index (χ2v) is 12.6. The molecule has 1 saturated heterocycles. The fraction of sp³-hybridized carbons (Fsp3) is 0.270. The molecule has 0 spiro atoms. The second-order valence-electron chi connectivity index (χ2n) is 11.5. The zero-order valence-corrected chi connectivity index (χ0v) is 27.0. The summed E-state index contributed by atoms with van der Waals surface area (Å²) in [5.41, 5.74) is 7.32. The van der Waals surface area contributed by atoms with E-state index < -0.39 is 18.2 Å². The summed E-state index contributed by atoms with van der Waals surface area (Å²) in [7, 11) is 0. The highest BCUT2D eigenvalue weighted by molar-refractivity contribution is 7.99. The molecule has 0 aromatic heterocycles. The normalized spacial score (nSPS) is 17.4. The molecule has 1 aliphatic heterocycles. The molecule has 1 fully saturated rings. The Balaban J connectivity index is 1.29. The Hall–Kier alpha value is -4.52. The van der Waals surface area contributed by atoms with E-state index in [1.807, 2.05) is 72.8 Å². The summed E-state index contributed by atoms with van der Waals surface area (Å²) in [5, 5.41) is 30.2. The number of carboxylic acid groups (broad SMARTS) is 1. The summed E-state index contributed by atoms with van der Waals surface area (Å²) < 4.78 is 13.1. The standard InChI is InChI=1S/C37H38N2O8S/c40-22-24-10-12-26(13-11-24)33-20-31(23-48-32-16-14-27(15-17-32)36(43)44)46-37(47-33)30-7-2-6-29(19-30)28-5-1-4-25(18-28)21-38-34(41)8-3-9-35(42)39-45/h1-2,4-7,10-19,31,33,37,40,45H,3,8-9,20-23H2,(H,38,41)(H,39,42)(H,43,44)/t31-,33+,37+/m1/s1. The summed E-state index contributed by atoms with van der Waals surface area (Å²) in [4.78, 5) is 35.6. The van der Waals surface area contributed by atoms with E-state index >= 15 is 0 Å². The molecule has 1 heterocycles. The van der Waals surface area contributed by atoms with Crippen LogP contribution in [0.15, 0.2) is 102 Å². The Kier molecular flexibility index (Phi) is 12.4. The van der Waals surface area contributed by atoms with Crippen molar-refractivity contribution in [3.05, 3.63) is 125 Å². The zero-order chi connectivity index (χ0) is 33.9. The molecule has 0 saturated carbocycles. The number of benzene rings is 4. The van der Waals surface area contributed by atoms with Gasteiger partial charge < -0.3 is 25.0 Å². The Morgan fingerprint density at radius 3 is 2.21 bits per heavy atom. The third-order valence-electron chi connectivity index (χ3n) is 7.99. The number of rotatable bonds is 14. The number of carboxylic acids is 1. The number of aliphatic hydroxyl groups is 1. The summed E-state index contributed by atoms with van der Waals surface area (Å²) in [6.45, 7) is 0.298. The largest absolute Gasteiger partial charge is 0.478 e. The number of hydroxylamine groups is 1. The summed E-state index contributed by atoms with van der Waals surface area (Å²) in [6.07, 6.45) is 0.162. The van der Waals surface area contributed by atoms with Gasteiger partial charge in [-0.15, -0.1) is 11.8 Å². The minimum atomic E-state index is -0.961. The van der Waals surface area contributed by atoms with E-state index in [-0.39, 0.29) is 43.1 Å². The number of amides is 2. The predicted octanol–water partition coefficient (Wildman–Crippen LogP) is 6.17. The van der Waals surface area contributed by atoms with Crippen molar-refractivity contribution in [2.75, 3.05) is 5.75 Å². The van der Waals surface area contributed by atoms with Gasteiger partial charge in [-0.05, 0) is 70.6 Å². The molecule has 250 valence electrons. The SMILES string of the molecule is O=C(CCCC(=O)NCc1cccc(-c2cccc([C@H]3O[C@@H](CSc4ccc(C(=O)O)cc4)C[C@@H](c4ccc(CO)cc4)O3)c2)c1)NO. The summed E-state index contributed by atoms with van der Waals surface area (Å²) in [5.74, 6) is -1.02. The van der Waals surface area contributed by atoms with Crippen LogP contribution in [0.3, 0.4) is 0 Å². The van der Waals surface area contributed by atoms with Crippen molar-refractivity contribution in [1.29, 1.82) is 0 Å². The van der Waals surface area contributed by atoms with Gasteiger partial charge in [-0.1, -0.05) is 60.7 Å². The summed E-state index contributed by atoms with van der Waals surface area (Å²) >= 11 is 1.60. The van der Waals surface area contributed by atoms with Gasteiger partial charge in [0, 0.05) is 42.0 Å². The van der Waals surface area contributed by atoms with Gasteiger partial charge in [-0.25, -0.2) is 10.3 Å². The highest BCUT2D eigenvalue weighted by atomic mass is 32.2. The van der Waals surface area contributed by atoms with Crippen molar-refractivity contribution >= 4 is 29.5 Å². The zero-order valence-electron chi connectivity index (χ0n) is 26.2. The molecular weight excluding hydrogens is 632 g/mol.